The number of nitrogens with one attached hydrogen (secondary N) is 2. The highest BCUT2D eigenvalue weighted by Crippen LogP contribution is 2.49. The van der Waals surface area contributed by atoms with E-state index in [4.69, 9.17) is 10.8 Å². The van der Waals surface area contributed by atoms with Crippen LogP contribution in [0.25, 0.3) is 11.3 Å². The lowest BCUT2D eigenvalue weighted by Gasteiger charge is -2.30. The molecule has 1 aromatic heterocycles. The third-order valence-corrected chi connectivity index (χ3v) is 7.69. The summed E-state index contributed by atoms with van der Waals surface area (Å²) in [6, 6.07) is 13.0. The van der Waals surface area contributed by atoms with Gasteiger partial charge >= 0.3 is 0 Å². The Hall–Kier alpha value is -2.71. The number of hydrogen-bond acceptors (Lipinski definition) is 6. The Balaban J connectivity index is 0.000000551. The molecule has 1 unspecified atom stereocenters. The topological polar surface area (TPSA) is 104 Å². The lowest BCUT2D eigenvalue weighted by atomic mass is 9.93. The Morgan fingerprint density at radius 3 is 2.31 bits per heavy atom. The van der Waals surface area contributed by atoms with Gasteiger partial charge in [-0.3, -0.25) is 15.2 Å². The first-order valence-electron chi connectivity index (χ1n) is 11.8. The van der Waals surface area contributed by atoms with Gasteiger partial charge in [-0.15, -0.1) is 0 Å². The zero-order valence-corrected chi connectivity index (χ0v) is 22.2. The van der Waals surface area contributed by atoms with Crippen LogP contribution in [0, 0.1) is 17.7 Å². The molecule has 7 nitrogen and oxygen atoms in total. The number of benzene rings is 1. The second-order valence-corrected chi connectivity index (χ2v) is 11.3. The largest absolute Gasteiger partial charge is 0.395 e. The van der Waals surface area contributed by atoms with Crippen LogP contribution in [0.5, 0.6) is 0 Å². The first-order valence-corrected chi connectivity index (χ1v) is 12.8. The number of pyridine rings is 1. The molecule has 1 saturated carbocycles. The number of hydrogen-bond donors (Lipinski definition) is 3. The van der Waals surface area contributed by atoms with E-state index in [9.17, 15) is 9.90 Å². The summed E-state index contributed by atoms with van der Waals surface area (Å²) >= 11 is 1.80. The summed E-state index contributed by atoms with van der Waals surface area (Å²) in [5.74, 6) is 1.64. The molecule has 2 aromatic rings. The van der Waals surface area contributed by atoms with E-state index in [1.165, 1.54) is 28.9 Å². The van der Waals surface area contributed by atoms with Crippen molar-refractivity contribution < 1.29 is 9.90 Å². The first-order chi connectivity index (χ1) is 16.7. The molecule has 190 valence electrons. The number of carbonyl (C=O) groups excluding carboxylic acids is 1. The van der Waals surface area contributed by atoms with Crippen molar-refractivity contribution in [1.29, 1.82) is 10.8 Å². The van der Waals surface area contributed by atoms with Gasteiger partial charge in [0.2, 0.25) is 6.41 Å². The number of rotatable bonds is 6. The Bertz CT molecular complexity index is 961. The summed E-state index contributed by atoms with van der Waals surface area (Å²) in [6.45, 7) is 8.56. The highest BCUT2D eigenvalue weighted by Gasteiger charge is 2.46. The van der Waals surface area contributed by atoms with E-state index in [-0.39, 0.29) is 16.8 Å². The second-order valence-electron chi connectivity index (χ2n) is 9.65. The quantitative estimate of drug-likeness (QED) is 0.409. The van der Waals surface area contributed by atoms with Crippen LogP contribution in [0.15, 0.2) is 42.6 Å². The minimum Gasteiger partial charge on any atom is -0.395 e. The van der Waals surface area contributed by atoms with Gasteiger partial charge in [0.1, 0.15) is 0 Å². The van der Waals surface area contributed by atoms with E-state index in [1.807, 2.05) is 6.20 Å². The van der Waals surface area contributed by atoms with Crippen LogP contribution in [0.4, 0.5) is 0 Å². The third-order valence-electron chi connectivity index (χ3n) is 6.33. The van der Waals surface area contributed by atoms with E-state index in [1.54, 1.807) is 25.9 Å². The number of aryl methyl sites for hydroxylation is 1. The molecule has 2 heterocycles. The fraction of sp³-hybridized carbons (Fsp3) is 0.481. The minimum atomic E-state index is -0.217. The number of nitrogens with zero attached hydrogens (tertiary/aromatic N) is 3. The Morgan fingerprint density at radius 2 is 1.83 bits per heavy atom. The predicted molar refractivity (Wildman–Crippen MR) is 147 cm³/mol. The molecule has 0 radical (unpaired) electrons. The van der Waals surface area contributed by atoms with Gasteiger partial charge < -0.3 is 20.3 Å². The fourth-order valence-corrected chi connectivity index (χ4v) is 5.15. The molecule has 8 heteroatoms. The van der Waals surface area contributed by atoms with Crippen molar-refractivity contribution in [2.75, 3.05) is 39.5 Å². The number of thioether (sulfide) groups is 1. The molecule has 2 aliphatic rings. The molecule has 1 amide bonds. The molecule has 0 bridgehead atoms. The molecule has 4 rings (SSSR count). The summed E-state index contributed by atoms with van der Waals surface area (Å²) in [4.78, 5) is 17.7. The lowest BCUT2D eigenvalue weighted by Crippen LogP contribution is -2.39. The van der Waals surface area contributed by atoms with Crippen LogP contribution >= 0.6 is 11.8 Å². The van der Waals surface area contributed by atoms with Crippen LogP contribution in [0.2, 0.25) is 0 Å². The monoisotopic (exact) mass is 497 g/mol. The molecule has 35 heavy (non-hydrogen) atoms. The van der Waals surface area contributed by atoms with Gasteiger partial charge in [-0.1, -0.05) is 30.3 Å². The molecule has 1 atom stereocenters. The van der Waals surface area contributed by atoms with Gasteiger partial charge in [-0.2, -0.15) is 11.8 Å². The van der Waals surface area contributed by atoms with E-state index >= 15 is 0 Å². The zero-order chi connectivity index (χ0) is 26.1. The highest BCUT2D eigenvalue weighted by molar-refractivity contribution is 8.00. The third kappa shape index (κ3) is 7.90. The Morgan fingerprint density at radius 1 is 1.20 bits per heavy atom. The normalized spacial score (nSPS) is 20.4. The molecule has 0 spiro atoms. The van der Waals surface area contributed by atoms with Crippen LogP contribution in [-0.2, 0) is 10.2 Å². The number of aromatic nitrogens is 1. The maximum absolute atomic E-state index is 9.70. The Kier molecular flexibility index (Phi) is 10.5. The van der Waals surface area contributed by atoms with Gasteiger partial charge in [0.05, 0.1) is 18.1 Å². The van der Waals surface area contributed by atoms with Gasteiger partial charge in [-0.05, 0) is 50.6 Å². The maximum atomic E-state index is 9.70. The van der Waals surface area contributed by atoms with E-state index in [0.29, 0.717) is 12.3 Å². The molecule has 2 fully saturated rings. The van der Waals surface area contributed by atoms with Gasteiger partial charge in [-0.25, -0.2) is 0 Å². The van der Waals surface area contributed by atoms with E-state index in [0.717, 1.165) is 36.5 Å². The standard InChI is InChI=1S/C23H29N3OS.C3H7NO.CH3N/c1-17-3-8-20(25-14-17)18-4-6-19(7-5-18)23(9-10-23)15-26-11-12-28-22(2,16-27)13-21(26)24;1-4(2)3-5;1-2/h3-8,14,24,27H,9-13,15-16H2,1-2H3;3H,1-2H3;2H,1H2. The molecule has 1 aliphatic carbocycles. The average molecular weight is 498 g/mol. The molecule has 1 aromatic carbocycles. The smallest absolute Gasteiger partial charge is 0.209 e. The van der Waals surface area contributed by atoms with Crippen molar-refractivity contribution >= 4 is 30.7 Å². The van der Waals surface area contributed by atoms with Gasteiger partial charge in [0.25, 0.3) is 0 Å². The number of aliphatic hydroxyl groups excluding tert-OH is 1. The maximum Gasteiger partial charge on any atom is 0.209 e. The van der Waals surface area contributed by atoms with Crippen LogP contribution < -0.4 is 0 Å². The first kappa shape index (κ1) is 28.5. The number of amides is 1. The lowest BCUT2D eigenvalue weighted by molar-refractivity contribution is -0.115. The number of amidine groups is 1. The highest BCUT2D eigenvalue weighted by atomic mass is 32.2. The average Bonchev–Trinajstić information content (AvgIpc) is 3.67. The zero-order valence-electron chi connectivity index (χ0n) is 21.4. The van der Waals surface area contributed by atoms with Crippen molar-refractivity contribution in [1.82, 2.24) is 14.8 Å². The van der Waals surface area contributed by atoms with Gasteiger partial charge in [0.15, 0.2) is 0 Å². The predicted octanol–water partition coefficient (Wildman–Crippen LogP) is 4.23. The van der Waals surface area contributed by atoms with Crippen molar-refractivity contribution in [2.45, 2.75) is 43.3 Å². The molecular weight excluding hydrogens is 458 g/mol. The summed E-state index contributed by atoms with van der Waals surface area (Å²) in [7, 11) is 3.38. The van der Waals surface area contributed by atoms with Crippen LogP contribution in [0.3, 0.4) is 0 Å². The molecule has 3 N–H and O–H groups in total. The summed E-state index contributed by atoms with van der Waals surface area (Å²) in [6.07, 6.45) is 5.67. The van der Waals surface area contributed by atoms with E-state index in [2.05, 4.69) is 66.8 Å². The molecule has 1 saturated heterocycles. The van der Waals surface area contributed by atoms with Crippen molar-refractivity contribution in [3.05, 3.63) is 53.7 Å². The van der Waals surface area contributed by atoms with Crippen LogP contribution in [-0.4, -0.2) is 83.1 Å². The number of aliphatic hydroxyl groups is 1. The summed E-state index contributed by atoms with van der Waals surface area (Å²) in [5, 5.41) is 23.8. The molecular formula is C27H39N5O2S. The SMILES string of the molecule is C=N.CN(C)C=O.Cc1ccc(-c2ccc(C3(CN4CCSC(C)(CO)CC4=N)CC3)cc2)nc1. The van der Waals surface area contributed by atoms with Crippen LogP contribution in [0.1, 0.15) is 37.3 Å². The van der Waals surface area contributed by atoms with Crippen molar-refractivity contribution in [3.8, 4) is 11.3 Å². The van der Waals surface area contributed by atoms with E-state index < -0.39 is 0 Å². The molecule has 1 aliphatic heterocycles. The Labute approximate surface area is 214 Å². The fourth-order valence-electron chi connectivity index (χ4n) is 4.02. The van der Waals surface area contributed by atoms with Crippen molar-refractivity contribution in [2.24, 2.45) is 0 Å². The van der Waals surface area contributed by atoms with Crippen molar-refractivity contribution in [3.63, 3.8) is 0 Å². The summed E-state index contributed by atoms with van der Waals surface area (Å²) in [5.41, 5.74) is 4.88. The minimum absolute atomic E-state index is 0.132. The summed E-state index contributed by atoms with van der Waals surface area (Å²) < 4.78 is -0.217. The number of carbonyl (C=O) groups is 1. The van der Waals surface area contributed by atoms with Gasteiger partial charge in [0, 0.05) is 61.3 Å². The second kappa shape index (κ2) is 12.8.